The van der Waals surface area contributed by atoms with Crippen LogP contribution in [0, 0.1) is 12.8 Å². The van der Waals surface area contributed by atoms with Crippen LogP contribution in [0.4, 0.5) is 0 Å². The monoisotopic (exact) mass is 191 g/mol. The number of hydrogen-bond donors (Lipinski definition) is 1. The minimum absolute atomic E-state index is 0.141. The lowest BCUT2D eigenvalue weighted by Gasteiger charge is -2.16. The molecule has 0 bridgehead atoms. The van der Waals surface area contributed by atoms with E-state index in [4.69, 9.17) is 5.11 Å². The van der Waals surface area contributed by atoms with Gasteiger partial charge in [-0.25, -0.2) is 0 Å². The highest BCUT2D eigenvalue weighted by Crippen LogP contribution is 2.25. The molecule has 14 heavy (non-hydrogen) atoms. The molecule has 0 heterocycles. The van der Waals surface area contributed by atoms with Gasteiger partial charge in [0.15, 0.2) is 0 Å². The summed E-state index contributed by atoms with van der Waals surface area (Å²) in [5.41, 5.74) is 3.86. The van der Waals surface area contributed by atoms with Crippen molar-refractivity contribution in [3.05, 3.63) is 40.8 Å². The third-order valence-electron chi connectivity index (χ3n) is 2.69. The zero-order valence-corrected chi connectivity index (χ0v) is 9.46. The lowest BCUT2D eigenvalue weighted by atomic mass is 9.89. The van der Waals surface area contributed by atoms with Gasteiger partial charge in [-0.3, -0.25) is 0 Å². The summed E-state index contributed by atoms with van der Waals surface area (Å²) >= 11 is 0. The van der Waals surface area contributed by atoms with Gasteiger partial charge in [-0.1, -0.05) is 39.0 Å². The molecule has 1 rings (SSSR count). The molecule has 0 aliphatic rings. The Hall–Kier alpha value is -0.820. The van der Waals surface area contributed by atoms with Gasteiger partial charge in [0, 0.05) is 5.92 Å². The van der Waals surface area contributed by atoms with Gasteiger partial charge in [-0.05, 0) is 29.5 Å². The average molecular weight is 191 g/mol. The van der Waals surface area contributed by atoms with Crippen LogP contribution in [-0.4, -0.2) is 11.7 Å². The Labute approximate surface area is 86.8 Å². The van der Waals surface area contributed by atoms with Crippen LogP contribution in [0.3, 0.4) is 0 Å². The first-order valence-electron chi connectivity index (χ1n) is 5.11. The highest BCUT2D eigenvalue weighted by molar-refractivity contribution is 5.43. The van der Waals surface area contributed by atoms with E-state index in [1.165, 1.54) is 16.7 Å². The van der Waals surface area contributed by atoms with Gasteiger partial charge >= 0.3 is 0 Å². The molecule has 1 radical (unpaired) electrons. The third kappa shape index (κ3) is 2.16. The van der Waals surface area contributed by atoms with Gasteiger partial charge < -0.3 is 5.11 Å². The van der Waals surface area contributed by atoms with Crippen molar-refractivity contribution < 1.29 is 5.11 Å². The zero-order chi connectivity index (χ0) is 10.7. The summed E-state index contributed by atoms with van der Waals surface area (Å²) in [7, 11) is 0. The second kappa shape index (κ2) is 4.61. The van der Waals surface area contributed by atoms with Gasteiger partial charge in [-0.2, -0.15) is 0 Å². The maximum atomic E-state index is 9.11. The predicted molar refractivity (Wildman–Crippen MR) is 60.4 cm³/mol. The molecule has 0 aliphatic heterocycles. The molecule has 0 saturated carbocycles. The lowest BCUT2D eigenvalue weighted by Crippen LogP contribution is -2.05. The van der Waals surface area contributed by atoms with Crippen molar-refractivity contribution in [1.29, 1.82) is 0 Å². The molecule has 0 saturated heterocycles. The van der Waals surface area contributed by atoms with Crippen molar-refractivity contribution >= 4 is 0 Å². The second-order valence-electron chi connectivity index (χ2n) is 4.11. The quantitative estimate of drug-likeness (QED) is 0.778. The molecule has 0 aliphatic carbocycles. The topological polar surface area (TPSA) is 20.2 Å². The molecular weight excluding hydrogens is 172 g/mol. The molecule has 0 unspecified atom stereocenters. The molecule has 0 aromatic heterocycles. The summed E-state index contributed by atoms with van der Waals surface area (Å²) in [4.78, 5) is 0. The van der Waals surface area contributed by atoms with Crippen LogP contribution < -0.4 is 0 Å². The minimum atomic E-state index is 0.141. The van der Waals surface area contributed by atoms with Crippen LogP contribution in [0.15, 0.2) is 18.2 Å². The molecule has 0 amide bonds. The Morgan fingerprint density at radius 1 is 1.36 bits per heavy atom. The van der Waals surface area contributed by atoms with Gasteiger partial charge in [0.2, 0.25) is 0 Å². The van der Waals surface area contributed by atoms with Gasteiger partial charge in [0.25, 0.3) is 0 Å². The molecule has 0 spiro atoms. The minimum Gasteiger partial charge on any atom is -0.395 e. The Morgan fingerprint density at radius 2 is 2.00 bits per heavy atom. The molecule has 77 valence electrons. The van der Waals surface area contributed by atoms with E-state index in [9.17, 15) is 0 Å². The fraction of sp³-hybridized carbons (Fsp3) is 0.462. The van der Waals surface area contributed by atoms with Crippen molar-refractivity contribution in [2.24, 2.45) is 0 Å². The SMILES string of the molecule is C[C](CO)c1cccc(C(C)C)c1C. The molecule has 0 fully saturated rings. The van der Waals surface area contributed by atoms with Crippen molar-refractivity contribution in [2.75, 3.05) is 6.61 Å². The van der Waals surface area contributed by atoms with Crippen LogP contribution in [0.25, 0.3) is 0 Å². The van der Waals surface area contributed by atoms with E-state index in [2.05, 4.69) is 39.0 Å². The molecule has 1 N–H and O–H groups in total. The van der Waals surface area contributed by atoms with Gasteiger partial charge in [0.05, 0.1) is 6.61 Å². The van der Waals surface area contributed by atoms with E-state index < -0.39 is 0 Å². The van der Waals surface area contributed by atoms with Crippen LogP contribution in [-0.2, 0) is 0 Å². The van der Waals surface area contributed by atoms with E-state index >= 15 is 0 Å². The summed E-state index contributed by atoms with van der Waals surface area (Å²) in [6.45, 7) is 8.64. The first kappa shape index (κ1) is 11.3. The summed E-state index contributed by atoms with van der Waals surface area (Å²) in [5, 5.41) is 9.11. The first-order chi connectivity index (χ1) is 6.57. The molecule has 1 aromatic carbocycles. The van der Waals surface area contributed by atoms with Crippen molar-refractivity contribution in [3.8, 4) is 0 Å². The standard InChI is InChI=1S/C13H19O/c1-9(2)12-6-5-7-13(11(12)4)10(3)8-14/h5-7,9,14H,8H2,1-4H3. The van der Waals surface area contributed by atoms with E-state index in [-0.39, 0.29) is 6.61 Å². The normalized spacial score (nSPS) is 11.4. The number of rotatable bonds is 3. The van der Waals surface area contributed by atoms with E-state index in [0.29, 0.717) is 5.92 Å². The number of aliphatic hydroxyl groups is 1. The van der Waals surface area contributed by atoms with E-state index in [1.807, 2.05) is 6.92 Å². The largest absolute Gasteiger partial charge is 0.395 e. The fourth-order valence-corrected chi connectivity index (χ4v) is 1.83. The molecule has 1 nitrogen and oxygen atoms in total. The lowest BCUT2D eigenvalue weighted by molar-refractivity contribution is 0.314. The molecule has 1 heteroatoms. The second-order valence-corrected chi connectivity index (χ2v) is 4.11. The van der Waals surface area contributed by atoms with Crippen molar-refractivity contribution in [1.82, 2.24) is 0 Å². The van der Waals surface area contributed by atoms with Crippen LogP contribution in [0.5, 0.6) is 0 Å². The Kier molecular flexibility index (Phi) is 3.70. The highest BCUT2D eigenvalue weighted by atomic mass is 16.3. The zero-order valence-electron chi connectivity index (χ0n) is 9.46. The predicted octanol–water partition coefficient (Wildman–Crippen LogP) is 3.05. The van der Waals surface area contributed by atoms with Gasteiger partial charge in [-0.15, -0.1) is 0 Å². The Morgan fingerprint density at radius 3 is 2.50 bits per heavy atom. The fourth-order valence-electron chi connectivity index (χ4n) is 1.83. The Bertz CT molecular complexity index is 302. The average Bonchev–Trinajstić information content (AvgIpc) is 2.16. The van der Waals surface area contributed by atoms with Crippen LogP contribution >= 0.6 is 0 Å². The molecular formula is C13H19O. The number of hydrogen-bond acceptors (Lipinski definition) is 1. The van der Waals surface area contributed by atoms with E-state index in [1.54, 1.807) is 0 Å². The first-order valence-corrected chi connectivity index (χ1v) is 5.11. The summed E-state index contributed by atoms with van der Waals surface area (Å²) in [6.07, 6.45) is 0. The third-order valence-corrected chi connectivity index (χ3v) is 2.69. The highest BCUT2D eigenvalue weighted by Gasteiger charge is 2.11. The van der Waals surface area contributed by atoms with E-state index in [0.717, 1.165) is 5.92 Å². The van der Waals surface area contributed by atoms with Crippen molar-refractivity contribution in [3.63, 3.8) is 0 Å². The van der Waals surface area contributed by atoms with Gasteiger partial charge in [0.1, 0.15) is 0 Å². The Balaban J connectivity index is 3.13. The summed E-state index contributed by atoms with van der Waals surface area (Å²) < 4.78 is 0. The molecule has 0 atom stereocenters. The van der Waals surface area contributed by atoms with Crippen LogP contribution in [0.1, 0.15) is 43.4 Å². The summed E-state index contributed by atoms with van der Waals surface area (Å²) in [6, 6.07) is 6.30. The summed E-state index contributed by atoms with van der Waals surface area (Å²) in [5.74, 6) is 1.59. The maximum absolute atomic E-state index is 9.11. The van der Waals surface area contributed by atoms with Crippen molar-refractivity contribution in [2.45, 2.75) is 33.6 Å². The number of aliphatic hydroxyl groups excluding tert-OH is 1. The smallest absolute Gasteiger partial charge is 0.0534 e. The maximum Gasteiger partial charge on any atom is 0.0534 e. The molecule has 1 aromatic rings. The van der Waals surface area contributed by atoms with Crippen LogP contribution in [0.2, 0.25) is 0 Å². The number of benzene rings is 1.